The molecule has 1 aromatic rings. The molecule has 0 aliphatic rings. The minimum Gasteiger partial charge on any atom is -0.480 e. The molecule has 0 aromatic carbocycles. The number of aromatic nitrogens is 2. The Hall–Kier alpha value is -1.20. The highest BCUT2D eigenvalue weighted by atomic mass is 16.5. The Morgan fingerprint density at radius 2 is 1.94 bits per heavy atom. The molecule has 0 bridgehead atoms. The maximum atomic E-state index is 5.56. The summed E-state index contributed by atoms with van der Waals surface area (Å²) >= 11 is 0. The summed E-state index contributed by atoms with van der Waals surface area (Å²) in [5.41, 5.74) is 0.388. The van der Waals surface area contributed by atoms with Gasteiger partial charge in [-0.3, -0.25) is 4.98 Å². The molecule has 1 aromatic heterocycles. The van der Waals surface area contributed by atoms with Crippen molar-refractivity contribution < 1.29 is 9.47 Å². The second-order valence-electron chi connectivity index (χ2n) is 4.65. The zero-order valence-electron chi connectivity index (χ0n) is 11.9. The van der Waals surface area contributed by atoms with E-state index in [1.165, 1.54) is 0 Å². The molecule has 0 spiro atoms. The van der Waals surface area contributed by atoms with Crippen LogP contribution in [0.4, 0.5) is 0 Å². The number of methoxy groups -OCH3 is 2. The molecule has 0 aliphatic heterocycles. The Labute approximate surface area is 109 Å². The second kappa shape index (κ2) is 6.66. The molecule has 0 radical (unpaired) electrons. The SMILES string of the molecule is CCCNC(c1nccnc1OC)C(C)(C)OC. The van der Waals surface area contributed by atoms with Gasteiger partial charge in [0.05, 0.1) is 18.8 Å². The Morgan fingerprint density at radius 1 is 1.28 bits per heavy atom. The van der Waals surface area contributed by atoms with Crippen molar-refractivity contribution in [2.24, 2.45) is 0 Å². The number of rotatable bonds is 7. The van der Waals surface area contributed by atoms with Crippen LogP contribution in [-0.2, 0) is 4.74 Å². The lowest BCUT2D eigenvalue weighted by atomic mass is 9.95. The average Bonchev–Trinajstić information content (AvgIpc) is 2.39. The third-order valence-electron chi connectivity index (χ3n) is 2.98. The third-order valence-corrected chi connectivity index (χ3v) is 2.98. The van der Waals surface area contributed by atoms with E-state index in [9.17, 15) is 0 Å². The van der Waals surface area contributed by atoms with Crippen LogP contribution in [0.25, 0.3) is 0 Å². The van der Waals surface area contributed by atoms with Gasteiger partial charge in [-0.2, -0.15) is 0 Å². The van der Waals surface area contributed by atoms with E-state index in [0.29, 0.717) is 5.88 Å². The van der Waals surface area contributed by atoms with E-state index in [-0.39, 0.29) is 6.04 Å². The van der Waals surface area contributed by atoms with Crippen LogP contribution in [0.5, 0.6) is 5.88 Å². The van der Waals surface area contributed by atoms with Gasteiger partial charge in [0.1, 0.15) is 5.69 Å². The third kappa shape index (κ3) is 3.40. The first-order valence-corrected chi connectivity index (χ1v) is 6.20. The lowest BCUT2D eigenvalue weighted by Crippen LogP contribution is -2.42. The van der Waals surface area contributed by atoms with Crippen LogP contribution in [0.2, 0.25) is 0 Å². The molecular weight excluding hydrogens is 230 g/mol. The van der Waals surface area contributed by atoms with E-state index in [1.54, 1.807) is 26.6 Å². The monoisotopic (exact) mass is 253 g/mol. The van der Waals surface area contributed by atoms with Crippen molar-refractivity contribution in [2.75, 3.05) is 20.8 Å². The summed E-state index contributed by atoms with van der Waals surface area (Å²) in [5.74, 6) is 0.538. The van der Waals surface area contributed by atoms with E-state index < -0.39 is 5.60 Å². The molecule has 1 N–H and O–H groups in total. The van der Waals surface area contributed by atoms with E-state index in [4.69, 9.17) is 9.47 Å². The van der Waals surface area contributed by atoms with Gasteiger partial charge in [-0.15, -0.1) is 0 Å². The summed E-state index contributed by atoms with van der Waals surface area (Å²) < 4.78 is 10.8. The van der Waals surface area contributed by atoms with Gasteiger partial charge in [-0.05, 0) is 26.8 Å². The van der Waals surface area contributed by atoms with Crippen LogP contribution in [-0.4, -0.2) is 36.3 Å². The molecule has 0 amide bonds. The minimum absolute atomic E-state index is 0.0638. The van der Waals surface area contributed by atoms with E-state index >= 15 is 0 Å². The molecule has 1 atom stereocenters. The van der Waals surface area contributed by atoms with Gasteiger partial charge in [0.15, 0.2) is 0 Å². The zero-order chi connectivity index (χ0) is 13.6. The summed E-state index contributed by atoms with van der Waals surface area (Å²) in [4.78, 5) is 8.58. The Balaban J connectivity index is 3.08. The molecule has 0 saturated carbocycles. The van der Waals surface area contributed by atoms with Crippen molar-refractivity contribution in [3.8, 4) is 5.88 Å². The molecule has 5 nitrogen and oxygen atoms in total. The number of ether oxygens (including phenoxy) is 2. The Morgan fingerprint density at radius 3 is 2.50 bits per heavy atom. The van der Waals surface area contributed by atoms with Gasteiger partial charge >= 0.3 is 0 Å². The van der Waals surface area contributed by atoms with Crippen LogP contribution in [0, 0.1) is 0 Å². The molecular formula is C13H23N3O2. The summed E-state index contributed by atoms with van der Waals surface area (Å²) in [6, 6.07) is -0.0638. The maximum absolute atomic E-state index is 5.56. The molecule has 1 unspecified atom stereocenters. The summed E-state index contributed by atoms with van der Waals surface area (Å²) in [7, 11) is 3.30. The largest absolute Gasteiger partial charge is 0.480 e. The summed E-state index contributed by atoms with van der Waals surface area (Å²) in [5, 5.41) is 3.44. The Kier molecular flexibility index (Phi) is 5.50. The van der Waals surface area contributed by atoms with Gasteiger partial charge in [0, 0.05) is 19.5 Å². The predicted octanol–water partition coefficient (Wildman–Crippen LogP) is 1.95. The van der Waals surface area contributed by atoms with Crippen molar-refractivity contribution >= 4 is 0 Å². The molecule has 0 fully saturated rings. The highest BCUT2D eigenvalue weighted by molar-refractivity contribution is 5.23. The number of nitrogens with zero attached hydrogens (tertiary/aromatic N) is 2. The van der Waals surface area contributed by atoms with Crippen molar-refractivity contribution in [2.45, 2.75) is 38.8 Å². The number of hydrogen-bond acceptors (Lipinski definition) is 5. The van der Waals surface area contributed by atoms with Gasteiger partial charge in [-0.1, -0.05) is 6.92 Å². The van der Waals surface area contributed by atoms with Crippen LogP contribution >= 0.6 is 0 Å². The molecule has 0 saturated heterocycles. The maximum Gasteiger partial charge on any atom is 0.237 e. The van der Waals surface area contributed by atoms with Crippen LogP contribution in [0.3, 0.4) is 0 Å². The van der Waals surface area contributed by atoms with Gasteiger partial charge in [0.2, 0.25) is 5.88 Å². The molecule has 1 heterocycles. The second-order valence-corrected chi connectivity index (χ2v) is 4.65. The average molecular weight is 253 g/mol. The molecule has 0 aliphatic carbocycles. The van der Waals surface area contributed by atoms with E-state index in [2.05, 4.69) is 22.2 Å². The van der Waals surface area contributed by atoms with Crippen LogP contribution in [0.15, 0.2) is 12.4 Å². The molecule has 102 valence electrons. The fourth-order valence-electron chi connectivity index (χ4n) is 1.77. The van der Waals surface area contributed by atoms with Crippen molar-refractivity contribution in [1.82, 2.24) is 15.3 Å². The highest BCUT2D eigenvalue weighted by Gasteiger charge is 2.33. The van der Waals surface area contributed by atoms with Crippen LogP contribution in [0.1, 0.15) is 38.9 Å². The standard InChI is InChI=1S/C13H23N3O2/c1-6-7-15-11(13(2,3)18-5)10-12(17-4)16-9-8-14-10/h8-9,11,15H,6-7H2,1-5H3. The lowest BCUT2D eigenvalue weighted by molar-refractivity contribution is -0.0130. The fraction of sp³-hybridized carbons (Fsp3) is 0.692. The summed E-state index contributed by atoms with van der Waals surface area (Å²) in [6.45, 7) is 7.05. The van der Waals surface area contributed by atoms with Crippen LogP contribution < -0.4 is 10.1 Å². The Bertz CT molecular complexity index is 369. The summed E-state index contributed by atoms with van der Waals surface area (Å²) in [6.07, 6.45) is 4.34. The normalized spacial score (nSPS) is 13.4. The zero-order valence-corrected chi connectivity index (χ0v) is 11.9. The fourth-order valence-corrected chi connectivity index (χ4v) is 1.77. The van der Waals surface area contributed by atoms with Gasteiger partial charge in [-0.25, -0.2) is 4.98 Å². The smallest absolute Gasteiger partial charge is 0.237 e. The first-order chi connectivity index (χ1) is 8.56. The van der Waals surface area contributed by atoms with Gasteiger partial charge < -0.3 is 14.8 Å². The van der Waals surface area contributed by atoms with Crippen molar-refractivity contribution in [1.29, 1.82) is 0 Å². The molecule has 1 rings (SSSR count). The first kappa shape index (κ1) is 14.9. The van der Waals surface area contributed by atoms with E-state index in [1.807, 2.05) is 13.8 Å². The molecule has 5 heteroatoms. The topological polar surface area (TPSA) is 56.3 Å². The van der Waals surface area contributed by atoms with Crippen molar-refractivity contribution in [3.63, 3.8) is 0 Å². The lowest BCUT2D eigenvalue weighted by Gasteiger charge is -2.33. The van der Waals surface area contributed by atoms with Crippen molar-refractivity contribution in [3.05, 3.63) is 18.1 Å². The molecule has 18 heavy (non-hydrogen) atoms. The quantitative estimate of drug-likeness (QED) is 0.805. The minimum atomic E-state index is -0.390. The highest BCUT2D eigenvalue weighted by Crippen LogP contribution is 2.31. The number of hydrogen-bond donors (Lipinski definition) is 1. The van der Waals surface area contributed by atoms with E-state index in [0.717, 1.165) is 18.7 Å². The van der Waals surface area contributed by atoms with Gasteiger partial charge in [0.25, 0.3) is 0 Å². The predicted molar refractivity (Wildman–Crippen MR) is 70.7 cm³/mol. The first-order valence-electron chi connectivity index (χ1n) is 6.20. The number of nitrogens with one attached hydrogen (secondary N) is 1.